The Labute approximate surface area is 125 Å². The van der Waals surface area contributed by atoms with E-state index in [1.54, 1.807) is 0 Å². The van der Waals surface area contributed by atoms with E-state index in [0.29, 0.717) is 13.0 Å². The van der Waals surface area contributed by atoms with Crippen molar-refractivity contribution in [1.82, 2.24) is 9.13 Å². The lowest BCUT2D eigenvalue weighted by atomic mass is 10.1. The van der Waals surface area contributed by atoms with Gasteiger partial charge in [-0.15, -0.1) is 0 Å². The quantitative estimate of drug-likeness (QED) is 0.704. The average Bonchev–Trinajstić information content (AvgIpc) is 2.90. The van der Waals surface area contributed by atoms with Crippen LogP contribution in [0.25, 0.3) is 21.5 Å². The molecule has 0 unspecified atom stereocenters. The molecule has 0 aliphatic rings. The van der Waals surface area contributed by atoms with Gasteiger partial charge in [0.05, 0.1) is 21.5 Å². The van der Waals surface area contributed by atoms with Crippen molar-refractivity contribution in [3.63, 3.8) is 0 Å². The molecule has 6 heteroatoms. The summed E-state index contributed by atoms with van der Waals surface area (Å²) in [6, 6.07) is 2.73. The van der Waals surface area contributed by atoms with Crippen LogP contribution in [0.1, 0.15) is 27.2 Å². The summed E-state index contributed by atoms with van der Waals surface area (Å²) in [7, 11) is 1.38. The number of benzene rings is 1. The monoisotopic (exact) mass is 302 g/mol. The number of hydrogen-bond acceptors (Lipinski definition) is 4. The second-order valence-corrected chi connectivity index (χ2v) is 4.87. The number of nitrogens with zero attached hydrogens (tertiary/aromatic N) is 2. The first kappa shape index (κ1) is 15.9. The van der Waals surface area contributed by atoms with E-state index in [-0.39, 0.29) is 21.5 Å². The second-order valence-electron chi connectivity index (χ2n) is 4.87. The summed E-state index contributed by atoms with van der Waals surface area (Å²) in [6.07, 6.45) is 0.659. The standard InChI is InChI=1S/C14H12N2O4.C2H6/c1-3-4-16-13(19)9-5-7-8(6-10(9)14(16)20)12(18)15(2)11(7)17;1-2/h5-6H,3-4H2,1-2H3;1-2H3. The molecule has 0 aliphatic heterocycles. The van der Waals surface area contributed by atoms with Gasteiger partial charge in [-0.05, 0) is 18.6 Å². The Morgan fingerprint density at radius 1 is 0.773 bits per heavy atom. The molecule has 0 spiro atoms. The zero-order valence-electron chi connectivity index (χ0n) is 13.1. The van der Waals surface area contributed by atoms with Crippen molar-refractivity contribution in [2.75, 3.05) is 0 Å². The maximum atomic E-state index is 12.2. The van der Waals surface area contributed by atoms with Crippen molar-refractivity contribution in [3.05, 3.63) is 53.5 Å². The SMILES string of the molecule is CC.CCCn1c(=O)c2cc3c(=O)n(C)c(=O)c3cc2c1=O. The van der Waals surface area contributed by atoms with E-state index in [4.69, 9.17) is 0 Å². The summed E-state index contributed by atoms with van der Waals surface area (Å²) in [6.45, 7) is 6.20. The Bertz CT molecular complexity index is 968. The van der Waals surface area contributed by atoms with Crippen molar-refractivity contribution in [1.29, 1.82) is 0 Å². The van der Waals surface area contributed by atoms with Crippen LogP contribution >= 0.6 is 0 Å². The van der Waals surface area contributed by atoms with Crippen molar-refractivity contribution in [2.24, 2.45) is 7.05 Å². The van der Waals surface area contributed by atoms with E-state index in [1.165, 1.54) is 19.2 Å². The topological polar surface area (TPSA) is 78.1 Å². The highest BCUT2D eigenvalue weighted by Crippen LogP contribution is 2.14. The molecule has 0 saturated carbocycles. The predicted octanol–water partition coefficient (Wildman–Crippen LogP) is 0.886. The van der Waals surface area contributed by atoms with Gasteiger partial charge in [0.1, 0.15) is 0 Å². The maximum absolute atomic E-state index is 12.2. The molecule has 0 saturated heterocycles. The van der Waals surface area contributed by atoms with E-state index >= 15 is 0 Å². The molecule has 0 fully saturated rings. The largest absolute Gasteiger partial charge is 0.277 e. The summed E-state index contributed by atoms with van der Waals surface area (Å²) in [5, 5.41) is 0.795. The van der Waals surface area contributed by atoms with Crippen LogP contribution in [0.5, 0.6) is 0 Å². The number of rotatable bonds is 2. The Balaban J connectivity index is 0.000000847. The molecule has 0 amide bonds. The van der Waals surface area contributed by atoms with Gasteiger partial charge in [0, 0.05) is 13.6 Å². The average molecular weight is 302 g/mol. The highest BCUT2D eigenvalue weighted by Gasteiger charge is 2.17. The third kappa shape index (κ3) is 2.03. The molecule has 0 N–H and O–H groups in total. The summed E-state index contributed by atoms with van der Waals surface area (Å²) in [4.78, 5) is 48.1. The lowest BCUT2D eigenvalue weighted by molar-refractivity contribution is 0.650. The van der Waals surface area contributed by atoms with Gasteiger partial charge < -0.3 is 0 Å². The third-order valence-corrected chi connectivity index (χ3v) is 3.63. The van der Waals surface area contributed by atoms with Gasteiger partial charge in [-0.25, -0.2) is 0 Å². The van der Waals surface area contributed by atoms with E-state index in [1.807, 2.05) is 20.8 Å². The molecule has 3 rings (SSSR count). The molecule has 116 valence electrons. The minimum Gasteiger partial charge on any atom is -0.277 e. The summed E-state index contributed by atoms with van der Waals surface area (Å²) < 4.78 is 2.14. The maximum Gasteiger partial charge on any atom is 0.261 e. The van der Waals surface area contributed by atoms with Crippen LogP contribution in [-0.4, -0.2) is 9.13 Å². The molecule has 0 radical (unpaired) electrons. The Morgan fingerprint density at radius 2 is 1.14 bits per heavy atom. The summed E-state index contributed by atoms with van der Waals surface area (Å²) in [5.74, 6) is 0. The highest BCUT2D eigenvalue weighted by atomic mass is 16.2. The fraction of sp³-hybridized carbons (Fsp3) is 0.375. The van der Waals surface area contributed by atoms with Crippen molar-refractivity contribution >= 4 is 21.5 Å². The van der Waals surface area contributed by atoms with Gasteiger partial charge in [-0.2, -0.15) is 0 Å². The Hall–Kier alpha value is -2.50. The minimum atomic E-state index is -0.443. The van der Waals surface area contributed by atoms with Crippen LogP contribution in [0.15, 0.2) is 31.3 Å². The second kappa shape index (κ2) is 5.71. The summed E-state index contributed by atoms with van der Waals surface area (Å²) in [5.41, 5.74) is -1.68. The van der Waals surface area contributed by atoms with Crippen molar-refractivity contribution in [2.45, 2.75) is 33.7 Å². The predicted molar refractivity (Wildman–Crippen MR) is 87.5 cm³/mol. The fourth-order valence-electron chi connectivity index (χ4n) is 2.57. The van der Waals surface area contributed by atoms with Crippen molar-refractivity contribution in [3.8, 4) is 0 Å². The molecular formula is C16H18N2O4. The number of aromatic nitrogens is 2. The molecule has 0 bridgehead atoms. The zero-order valence-corrected chi connectivity index (χ0v) is 13.1. The molecule has 0 aliphatic carbocycles. The van der Waals surface area contributed by atoms with Crippen LogP contribution in [0.4, 0.5) is 0 Å². The fourth-order valence-corrected chi connectivity index (χ4v) is 2.57. The van der Waals surface area contributed by atoms with Crippen LogP contribution < -0.4 is 22.2 Å². The van der Waals surface area contributed by atoms with Gasteiger partial charge >= 0.3 is 0 Å². The van der Waals surface area contributed by atoms with E-state index < -0.39 is 22.2 Å². The van der Waals surface area contributed by atoms with Crippen LogP contribution in [0.3, 0.4) is 0 Å². The molecule has 6 nitrogen and oxygen atoms in total. The number of hydrogen-bond donors (Lipinski definition) is 0. The summed E-state index contributed by atoms with van der Waals surface area (Å²) >= 11 is 0. The third-order valence-electron chi connectivity index (χ3n) is 3.63. The Morgan fingerprint density at radius 3 is 1.50 bits per heavy atom. The first-order valence-corrected chi connectivity index (χ1v) is 7.34. The molecule has 1 aromatic carbocycles. The van der Waals surface area contributed by atoms with E-state index in [0.717, 1.165) is 9.13 Å². The smallest absolute Gasteiger partial charge is 0.261 e. The van der Waals surface area contributed by atoms with Gasteiger partial charge in [0.25, 0.3) is 22.2 Å². The lowest BCUT2D eigenvalue weighted by Gasteiger charge is -1.93. The molecule has 2 aromatic heterocycles. The molecule has 3 aromatic rings. The molecule has 0 atom stereocenters. The normalized spacial score (nSPS) is 10.9. The zero-order chi connectivity index (χ0) is 16.6. The number of fused-ring (bicyclic) bond motifs is 2. The van der Waals surface area contributed by atoms with E-state index in [9.17, 15) is 19.2 Å². The molecule has 22 heavy (non-hydrogen) atoms. The Kier molecular flexibility index (Phi) is 4.12. The van der Waals surface area contributed by atoms with Crippen LogP contribution in [-0.2, 0) is 13.6 Å². The van der Waals surface area contributed by atoms with Crippen molar-refractivity contribution < 1.29 is 0 Å². The lowest BCUT2D eigenvalue weighted by Crippen LogP contribution is -2.25. The van der Waals surface area contributed by atoms with Gasteiger partial charge in [-0.3, -0.25) is 28.3 Å². The van der Waals surface area contributed by atoms with Gasteiger partial charge in [0.15, 0.2) is 0 Å². The first-order valence-electron chi connectivity index (χ1n) is 7.34. The van der Waals surface area contributed by atoms with E-state index in [2.05, 4.69) is 0 Å². The van der Waals surface area contributed by atoms with Gasteiger partial charge in [-0.1, -0.05) is 20.8 Å². The van der Waals surface area contributed by atoms with Gasteiger partial charge in [0.2, 0.25) is 0 Å². The van der Waals surface area contributed by atoms with Crippen LogP contribution in [0.2, 0.25) is 0 Å². The first-order chi connectivity index (χ1) is 10.5. The highest BCUT2D eigenvalue weighted by molar-refractivity contribution is 5.97. The molecule has 2 heterocycles. The molecular weight excluding hydrogens is 284 g/mol. The minimum absolute atomic E-state index is 0.191. The van der Waals surface area contributed by atoms with Crippen LogP contribution in [0, 0.1) is 0 Å².